The fourth-order valence-corrected chi connectivity index (χ4v) is 5.96. The molecule has 3 saturated heterocycles. The van der Waals surface area contributed by atoms with Crippen LogP contribution >= 0.6 is 11.3 Å². The highest BCUT2D eigenvalue weighted by Crippen LogP contribution is 2.27. The van der Waals surface area contributed by atoms with E-state index in [0.717, 1.165) is 49.6 Å². The maximum absolute atomic E-state index is 13.4. The van der Waals surface area contributed by atoms with Crippen LogP contribution in [0, 0.1) is 0 Å². The number of nitrogens with zero attached hydrogens (tertiary/aromatic N) is 3. The number of ether oxygens (including phenoxy) is 3. The Morgan fingerprint density at radius 3 is 2.74 bits per heavy atom. The molecule has 0 spiro atoms. The summed E-state index contributed by atoms with van der Waals surface area (Å²) < 4.78 is 16.5. The number of hydrogen-bond donors (Lipinski definition) is 2. The van der Waals surface area contributed by atoms with Gasteiger partial charge >= 0.3 is 0 Å². The van der Waals surface area contributed by atoms with E-state index in [-0.39, 0.29) is 24.0 Å². The second-order valence-corrected chi connectivity index (χ2v) is 11.0. The first kappa shape index (κ1) is 27.0. The Morgan fingerprint density at radius 1 is 1.13 bits per heavy atom. The van der Waals surface area contributed by atoms with Gasteiger partial charge in [-0.05, 0) is 43.9 Å². The third-order valence-electron chi connectivity index (χ3n) is 7.50. The molecule has 1 aromatic carbocycles. The van der Waals surface area contributed by atoms with E-state index >= 15 is 0 Å². The third kappa shape index (κ3) is 6.52. The molecular formula is C27H37N5O5S. The average molecular weight is 544 g/mol. The van der Waals surface area contributed by atoms with Gasteiger partial charge in [-0.15, -0.1) is 11.3 Å². The predicted molar refractivity (Wildman–Crippen MR) is 146 cm³/mol. The highest BCUT2D eigenvalue weighted by atomic mass is 32.1. The van der Waals surface area contributed by atoms with Crippen LogP contribution in [0.5, 0.6) is 0 Å². The lowest BCUT2D eigenvalue weighted by Crippen LogP contribution is -2.43. The molecule has 0 bridgehead atoms. The summed E-state index contributed by atoms with van der Waals surface area (Å²) in [6.07, 6.45) is 2.69. The molecule has 0 unspecified atom stereocenters. The molecule has 206 valence electrons. The topological polar surface area (TPSA) is 105 Å². The largest absolute Gasteiger partial charge is 0.381 e. The van der Waals surface area contributed by atoms with Crippen molar-refractivity contribution >= 4 is 34.0 Å². The van der Waals surface area contributed by atoms with Crippen LogP contribution in [0.15, 0.2) is 23.6 Å². The van der Waals surface area contributed by atoms with Crippen molar-refractivity contribution in [3.63, 3.8) is 0 Å². The summed E-state index contributed by atoms with van der Waals surface area (Å²) in [6.45, 7) is 8.00. The number of carbonyl (C=O) groups excluding carboxylic acids is 2. The zero-order valence-electron chi connectivity index (χ0n) is 22.1. The van der Waals surface area contributed by atoms with Gasteiger partial charge in [-0.1, -0.05) is 6.07 Å². The SMILES string of the molecule is CO[C@H]1CCN(c2nc(C(=O)Nc3ccc(CN4CCOC[C@H]4C)cc3C(=O)NC3CCOCC3)cs2)C1. The Labute approximate surface area is 227 Å². The van der Waals surface area contributed by atoms with Crippen molar-refractivity contribution in [2.75, 3.05) is 63.4 Å². The predicted octanol–water partition coefficient (Wildman–Crippen LogP) is 2.75. The van der Waals surface area contributed by atoms with Gasteiger partial charge in [0.05, 0.1) is 30.6 Å². The molecule has 2 amide bonds. The minimum Gasteiger partial charge on any atom is -0.381 e. The van der Waals surface area contributed by atoms with E-state index in [1.165, 1.54) is 11.3 Å². The highest BCUT2D eigenvalue weighted by molar-refractivity contribution is 7.14. The van der Waals surface area contributed by atoms with Gasteiger partial charge in [0.1, 0.15) is 5.69 Å². The molecule has 38 heavy (non-hydrogen) atoms. The lowest BCUT2D eigenvalue weighted by atomic mass is 10.0. The monoisotopic (exact) mass is 543 g/mol. The highest BCUT2D eigenvalue weighted by Gasteiger charge is 2.26. The van der Waals surface area contributed by atoms with Gasteiger partial charge in [-0.25, -0.2) is 4.98 Å². The Kier molecular flexibility index (Phi) is 8.90. The van der Waals surface area contributed by atoms with E-state index < -0.39 is 0 Å². The summed E-state index contributed by atoms with van der Waals surface area (Å²) >= 11 is 1.45. The molecule has 2 aromatic rings. The Hall–Kier alpha value is -2.57. The van der Waals surface area contributed by atoms with Crippen LogP contribution in [0.1, 0.15) is 52.6 Å². The van der Waals surface area contributed by atoms with E-state index in [2.05, 4.69) is 32.3 Å². The maximum atomic E-state index is 13.4. The summed E-state index contributed by atoms with van der Waals surface area (Å²) in [5, 5.41) is 8.67. The molecule has 3 aliphatic heterocycles. The van der Waals surface area contributed by atoms with Crippen molar-refractivity contribution in [1.82, 2.24) is 15.2 Å². The van der Waals surface area contributed by atoms with Gasteiger partial charge in [0.2, 0.25) is 0 Å². The maximum Gasteiger partial charge on any atom is 0.275 e. The number of methoxy groups -OCH3 is 1. The van der Waals surface area contributed by atoms with Crippen molar-refractivity contribution in [1.29, 1.82) is 0 Å². The number of rotatable bonds is 8. The number of carbonyl (C=O) groups is 2. The van der Waals surface area contributed by atoms with Gasteiger partial charge in [0, 0.05) is 64.0 Å². The standard InChI is InChI=1S/C27H37N5O5S/c1-18-16-37-12-9-31(18)14-19-3-4-23(22(13-19)25(33)28-20-6-10-36-11-7-20)29-26(34)24-17-38-27(30-24)32-8-5-21(15-32)35-2/h3-4,13,17-18,20-21H,5-12,14-16H2,1-2H3,(H,28,33)(H,29,34)/t18-,21+/m1/s1. The number of aromatic nitrogens is 1. The molecule has 0 saturated carbocycles. The minimum absolute atomic E-state index is 0.0557. The zero-order chi connectivity index (χ0) is 26.5. The average Bonchev–Trinajstić information content (AvgIpc) is 3.61. The summed E-state index contributed by atoms with van der Waals surface area (Å²) in [6, 6.07) is 6.06. The van der Waals surface area contributed by atoms with E-state index in [1.807, 2.05) is 18.2 Å². The second-order valence-electron chi connectivity index (χ2n) is 10.2. The fourth-order valence-electron chi connectivity index (χ4n) is 5.12. The Balaban J connectivity index is 1.32. The molecule has 5 rings (SSSR count). The summed E-state index contributed by atoms with van der Waals surface area (Å²) in [4.78, 5) is 35.7. The Morgan fingerprint density at radius 2 is 1.97 bits per heavy atom. The van der Waals surface area contributed by atoms with Gasteiger partial charge in [-0.3, -0.25) is 14.5 Å². The number of thiazole rings is 1. The summed E-state index contributed by atoms with van der Waals surface area (Å²) in [7, 11) is 1.72. The van der Waals surface area contributed by atoms with Crippen LogP contribution in [0.4, 0.5) is 10.8 Å². The molecule has 1 aromatic heterocycles. The molecule has 2 atom stereocenters. The second kappa shape index (κ2) is 12.5. The van der Waals surface area contributed by atoms with Crippen molar-refractivity contribution in [3.8, 4) is 0 Å². The van der Waals surface area contributed by atoms with Crippen LogP contribution < -0.4 is 15.5 Å². The summed E-state index contributed by atoms with van der Waals surface area (Å²) in [5.41, 5.74) is 2.30. The quantitative estimate of drug-likeness (QED) is 0.524. The molecule has 3 aliphatic rings. The normalized spacial score (nSPS) is 22.9. The molecule has 11 heteroatoms. The first-order valence-corrected chi connectivity index (χ1v) is 14.3. The first-order chi connectivity index (χ1) is 18.5. The van der Waals surface area contributed by atoms with Crippen molar-refractivity contribution in [2.24, 2.45) is 0 Å². The number of benzene rings is 1. The molecule has 2 N–H and O–H groups in total. The van der Waals surface area contributed by atoms with Gasteiger partial charge < -0.3 is 29.7 Å². The lowest BCUT2D eigenvalue weighted by Gasteiger charge is -2.33. The van der Waals surface area contributed by atoms with Crippen LogP contribution in [-0.2, 0) is 20.8 Å². The third-order valence-corrected chi connectivity index (χ3v) is 8.40. The minimum atomic E-state index is -0.329. The molecular weight excluding hydrogens is 506 g/mol. The van der Waals surface area contributed by atoms with Crippen LogP contribution in [-0.4, -0.2) is 93.1 Å². The number of anilines is 2. The number of hydrogen-bond acceptors (Lipinski definition) is 9. The smallest absolute Gasteiger partial charge is 0.275 e. The molecule has 4 heterocycles. The number of morpholine rings is 1. The van der Waals surface area contributed by atoms with Gasteiger partial charge in [0.15, 0.2) is 5.13 Å². The van der Waals surface area contributed by atoms with Crippen LogP contribution in [0.25, 0.3) is 0 Å². The van der Waals surface area contributed by atoms with Gasteiger partial charge in [0.25, 0.3) is 11.8 Å². The van der Waals surface area contributed by atoms with Crippen LogP contribution in [0.3, 0.4) is 0 Å². The lowest BCUT2D eigenvalue weighted by molar-refractivity contribution is -0.00437. The molecule has 0 aliphatic carbocycles. The zero-order valence-corrected chi connectivity index (χ0v) is 22.9. The van der Waals surface area contributed by atoms with E-state index in [0.29, 0.717) is 56.0 Å². The number of nitrogens with one attached hydrogen (secondary N) is 2. The number of amides is 2. The van der Waals surface area contributed by atoms with Crippen molar-refractivity contribution in [2.45, 2.75) is 50.9 Å². The molecule has 3 fully saturated rings. The summed E-state index contributed by atoms with van der Waals surface area (Å²) in [5.74, 6) is -0.518. The first-order valence-electron chi connectivity index (χ1n) is 13.4. The van der Waals surface area contributed by atoms with Crippen molar-refractivity contribution < 1.29 is 23.8 Å². The van der Waals surface area contributed by atoms with E-state index in [1.54, 1.807) is 12.5 Å². The molecule has 10 nitrogen and oxygen atoms in total. The van der Waals surface area contributed by atoms with E-state index in [4.69, 9.17) is 14.2 Å². The fraction of sp³-hybridized carbons (Fsp3) is 0.593. The Bertz CT molecular complexity index is 1120. The van der Waals surface area contributed by atoms with Crippen molar-refractivity contribution in [3.05, 3.63) is 40.4 Å². The van der Waals surface area contributed by atoms with E-state index in [9.17, 15) is 9.59 Å². The van der Waals surface area contributed by atoms with Gasteiger partial charge in [-0.2, -0.15) is 0 Å². The molecule has 0 radical (unpaired) electrons. The van der Waals surface area contributed by atoms with Crippen LogP contribution in [0.2, 0.25) is 0 Å².